The number of amides is 1. The molecule has 2 aliphatic rings. The second kappa shape index (κ2) is 7.26. The van der Waals surface area contributed by atoms with Crippen LogP contribution in [-0.2, 0) is 11.3 Å². The minimum absolute atomic E-state index is 0.105. The van der Waals surface area contributed by atoms with Gasteiger partial charge in [0.25, 0.3) is 0 Å². The minimum atomic E-state index is 0.105. The van der Waals surface area contributed by atoms with E-state index in [0.29, 0.717) is 11.8 Å². The van der Waals surface area contributed by atoms with Crippen LogP contribution in [0.1, 0.15) is 57.1 Å². The largest absolute Gasteiger partial charge is 0.333 e. The number of likely N-dealkylation sites (tertiary alicyclic amines) is 2. The number of hydrogen-bond acceptors (Lipinski definition) is 2. The van der Waals surface area contributed by atoms with E-state index in [1.54, 1.807) is 0 Å². The van der Waals surface area contributed by atoms with Crippen LogP contribution in [-0.4, -0.2) is 40.9 Å². The third-order valence-corrected chi connectivity index (χ3v) is 5.77. The zero-order chi connectivity index (χ0) is 17.2. The fourth-order valence-electron chi connectivity index (χ4n) is 4.46. The SMILES string of the molecule is Cc1ccc(CN2C(=O)CCC23CCCN(CC(C)C)CC3)cc1. The predicted molar refractivity (Wildman–Crippen MR) is 98.8 cm³/mol. The van der Waals surface area contributed by atoms with Gasteiger partial charge in [-0.1, -0.05) is 43.7 Å². The molecule has 2 heterocycles. The monoisotopic (exact) mass is 328 g/mol. The van der Waals surface area contributed by atoms with Gasteiger partial charge in [-0.25, -0.2) is 0 Å². The Morgan fingerprint density at radius 2 is 1.83 bits per heavy atom. The highest BCUT2D eigenvalue weighted by Gasteiger charge is 2.45. The second-order valence-corrected chi connectivity index (χ2v) is 8.24. The lowest BCUT2D eigenvalue weighted by atomic mass is 9.87. The summed E-state index contributed by atoms with van der Waals surface area (Å²) in [7, 11) is 0. The van der Waals surface area contributed by atoms with E-state index in [1.807, 2.05) is 0 Å². The average Bonchev–Trinajstić information content (AvgIpc) is 2.71. The van der Waals surface area contributed by atoms with E-state index in [2.05, 4.69) is 54.8 Å². The standard InChI is InChI=1S/C21H32N2O/c1-17(2)15-22-13-4-10-21(12-14-22)11-9-20(24)23(21)16-19-7-5-18(3)6-8-19/h5-8,17H,4,9-16H2,1-3H3. The third kappa shape index (κ3) is 3.83. The number of rotatable bonds is 4. The average molecular weight is 329 g/mol. The molecule has 3 heteroatoms. The molecule has 2 saturated heterocycles. The smallest absolute Gasteiger partial charge is 0.223 e. The molecule has 3 rings (SSSR count). The van der Waals surface area contributed by atoms with Crippen LogP contribution in [0.15, 0.2) is 24.3 Å². The number of benzene rings is 1. The highest BCUT2D eigenvalue weighted by atomic mass is 16.2. The molecule has 0 bridgehead atoms. The summed E-state index contributed by atoms with van der Waals surface area (Å²) in [6.07, 6.45) is 5.30. The number of aryl methyl sites for hydroxylation is 1. The molecule has 1 unspecified atom stereocenters. The Balaban J connectivity index is 1.73. The molecule has 1 amide bonds. The summed E-state index contributed by atoms with van der Waals surface area (Å²) in [6, 6.07) is 8.66. The van der Waals surface area contributed by atoms with E-state index in [4.69, 9.17) is 0 Å². The molecule has 132 valence electrons. The Kier molecular flexibility index (Phi) is 5.29. The lowest BCUT2D eigenvalue weighted by Gasteiger charge is -2.38. The summed E-state index contributed by atoms with van der Waals surface area (Å²) in [5.74, 6) is 1.07. The van der Waals surface area contributed by atoms with Crippen molar-refractivity contribution in [3.8, 4) is 0 Å². The first-order chi connectivity index (χ1) is 11.5. The van der Waals surface area contributed by atoms with Crippen LogP contribution < -0.4 is 0 Å². The van der Waals surface area contributed by atoms with Crippen molar-refractivity contribution in [2.75, 3.05) is 19.6 Å². The van der Waals surface area contributed by atoms with E-state index < -0.39 is 0 Å². The van der Waals surface area contributed by atoms with Crippen molar-refractivity contribution < 1.29 is 4.79 Å². The van der Waals surface area contributed by atoms with Crippen LogP contribution >= 0.6 is 0 Å². The summed E-state index contributed by atoms with van der Waals surface area (Å²) in [5.41, 5.74) is 2.65. The fourth-order valence-corrected chi connectivity index (χ4v) is 4.46. The highest BCUT2D eigenvalue weighted by Crippen LogP contribution is 2.40. The first kappa shape index (κ1) is 17.5. The summed E-state index contributed by atoms with van der Waals surface area (Å²) >= 11 is 0. The summed E-state index contributed by atoms with van der Waals surface area (Å²) in [4.78, 5) is 17.4. The maximum atomic E-state index is 12.6. The van der Waals surface area contributed by atoms with Gasteiger partial charge in [0.1, 0.15) is 0 Å². The van der Waals surface area contributed by atoms with Gasteiger partial charge in [0, 0.05) is 31.6 Å². The van der Waals surface area contributed by atoms with Gasteiger partial charge in [0.05, 0.1) is 0 Å². The minimum Gasteiger partial charge on any atom is -0.333 e. The van der Waals surface area contributed by atoms with Gasteiger partial charge in [-0.05, 0) is 50.6 Å². The lowest BCUT2D eigenvalue weighted by Crippen LogP contribution is -2.46. The van der Waals surface area contributed by atoms with Gasteiger partial charge >= 0.3 is 0 Å². The van der Waals surface area contributed by atoms with Gasteiger partial charge in [-0.15, -0.1) is 0 Å². The lowest BCUT2D eigenvalue weighted by molar-refractivity contribution is -0.132. The molecule has 0 aromatic heterocycles. The number of carbonyl (C=O) groups excluding carboxylic acids is 1. The summed E-state index contributed by atoms with van der Waals surface area (Å²) in [5, 5.41) is 0. The van der Waals surface area contributed by atoms with Crippen LogP contribution in [0.4, 0.5) is 0 Å². The first-order valence-electron chi connectivity index (χ1n) is 9.57. The number of hydrogen-bond donors (Lipinski definition) is 0. The second-order valence-electron chi connectivity index (χ2n) is 8.24. The Labute approximate surface area is 147 Å². The van der Waals surface area contributed by atoms with Crippen molar-refractivity contribution in [3.63, 3.8) is 0 Å². The molecule has 24 heavy (non-hydrogen) atoms. The Hall–Kier alpha value is -1.35. The Morgan fingerprint density at radius 3 is 2.54 bits per heavy atom. The van der Waals surface area contributed by atoms with Crippen LogP contribution in [0.5, 0.6) is 0 Å². The molecule has 2 fully saturated rings. The van der Waals surface area contributed by atoms with Gasteiger partial charge in [-0.2, -0.15) is 0 Å². The van der Waals surface area contributed by atoms with Crippen LogP contribution in [0.25, 0.3) is 0 Å². The Morgan fingerprint density at radius 1 is 1.08 bits per heavy atom. The molecule has 0 aliphatic carbocycles. The van der Waals surface area contributed by atoms with Crippen molar-refractivity contribution in [2.24, 2.45) is 5.92 Å². The van der Waals surface area contributed by atoms with E-state index in [0.717, 1.165) is 32.4 Å². The molecular formula is C21H32N2O. The van der Waals surface area contributed by atoms with Crippen molar-refractivity contribution in [1.82, 2.24) is 9.80 Å². The zero-order valence-corrected chi connectivity index (χ0v) is 15.6. The van der Waals surface area contributed by atoms with Gasteiger partial charge in [-0.3, -0.25) is 4.79 Å². The van der Waals surface area contributed by atoms with Crippen molar-refractivity contribution >= 4 is 5.91 Å². The molecule has 3 nitrogen and oxygen atoms in total. The molecule has 1 aromatic carbocycles. The maximum Gasteiger partial charge on any atom is 0.223 e. The summed E-state index contributed by atoms with van der Waals surface area (Å²) in [6.45, 7) is 11.0. The van der Waals surface area contributed by atoms with Crippen molar-refractivity contribution in [1.29, 1.82) is 0 Å². The molecule has 1 atom stereocenters. The first-order valence-corrected chi connectivity index (χ1v) is 9.57. The van der Waals surface area contributed by atoms with Crippen LogP contribution in [0.3, 0.4) is 0 Å². The molecule has 0 radical (unpaired) electrons. The molecular weight excluding hydrogens is 296 g/mol. The Bertz CT molecular complexity index is 566. The quantitative estimate of drug-likeness (QED) is 0.834. The zero-order valence-electron chi connectivity index (χ0n) is 15.6. The van der Waals surface area contributed by atoms with Crippen molar-refractivity contribution in [2.45, 2.75) is 65.0 Å². The highest BCUT2D eigenvalue weighted by molar-refractivity contribution is 5.79. The fraction of sp³-hybridized carbons (Fsp3) is 0.667. The van der Waals surface area contributed by atoms with Gasteiger partial charge in [0.15, 0.2) is 0 Å². The number of nitrogens with zero attached hydrogens (tertiary/aromatic N) is 2. The van der Waals surface area contributed by atoms with E-state index in [9.17, 15) is 4.79 Å². The molecule has 0 saturated carbocycles. The maximum absolute atomic E-state index is 12.6. The number of carbonyl (C=O) groups is 1. The van der Waals surface area contributed by atoms with Crippen LogP contribution in [0, 0.1) is 12.8 Å². The van der Waals surface area contributed by atoms with E-state index in [-0.39, 0.29) is 5.54 Å². The van der Waals surface area contributed by atoms with E-state index in [1.165, 1.54) is 37.1 Å². The molecule has 1 spiro atoms. The van der Waals surface area contributed by atoms with Gasteiger partial charge < -0.3 is 9.80 Å². The third-order valence-electron chi connectivity index (χ3n) is 5.77. The topological polar surface area (TPSA) is 23.6 Å². The summed E-state index contributed by atoms with van der Waals surface area (Å²) < 4.78 is 0. The van der Waals surface area contributed by atoms with Gasteiger partial charge in [0.2, 0.25) is 5.91 Å². The van der Waals surface area contributed by atoms with Crippen molar-refractivity contribution in [3.05, 3.63) is 35.4 Å². The molecule has 1 aromatic rings. The normalized spacial score (nSPS) is 25.7. The molecule has 0 N–H and O–H groups in total. The van der Waals surface area contributed by atoms with Crippen LogP contribution in [0.2, 0.25) is 0 Å². The predicted octanol–water partition coefficient (Wildman–Crippen LogP) is 4.00. The molecule has 2 aliphatic heterocycles. The van der Waals surface area contributed by atoms with E-state index >= 15 is 0 Å².